The summed E-state index contributed by atoms with van der Waals surface area (Å²) < 4.78 is 0. The predicted octanol–water partition coefficient (Wildman–Crippen LogP) is 3.11. The molecule has 2 rings (SSSR count). The highest BCUT2D eigenvalue weighted by atomic mass is 32.1. The van der Waals surface area contributed by atoms with Crippen molar-refractivity contribution in [1.82, 2.24) is 4.90 Å². The fourth-order valence-corrected chi connectivity index (χ4v) is 2.67. The Hall–Kier alpha value is -1.09. The quantitative estimate of drug-likeness (QED) is 0.752. The molecule has 1 N–H and O–H groups in total. The normalized spacial score (nSPS) is 24.5. The van der Waals surface area contributed by atoms with Gasteiger partial charge in [0.25, 0.3) is 0 Å². The Kier molecular flexibility index (Phi) is 3.44. The summed E-state index contributed by atoms with van der Waals surface area (Å²) in [6.45, 7) is 5.59. The Balaban J connectivity index is 1.99. The number of anilines is 1. The number of nitrogens with one attached hydrogen (secondary N) is 1. The first-order chi connectivity index (χ1) is 7.66. The zero-order valence-electron chi connectivity index (χ0n) is 9.81. The molecule has 1 heterocycles. The SMILES string of the molecule is CC1CC(C)N(C(=S)Nc2ccccc2)C1. The second-order valence-electron chi connectivity index (χ2n) is 4.64. The summed E-state index contributed by atoms with van der Waals surface area (Å²) in [5.74, 6) is 0.741. The molecule has 1 aliphatic rings. The van der Waals surface area contributed by atoms with Gasteiger partial charge in [-0.1, -0.05) is 25.1 Å². The highest BCUT2D eigenvalue weighted by Gasteiger charge is 2.27. The first-order valence-electron chi connectivity index (χ1n) is 5.79. The second-order valence-corrected chi connectivity index (χ2v) is 5.03. The monoisotopic (exact) mass is 234 g/mol. The fourth-order valence-electron chi connectivity index (χ4n) is 2.30. The van der Waals surface area contributed by atoms with E-state index < -0.39 is 0 Å². The minimum atomic E-state index is 0.554. The van der Waals surface area contributed by atoms with Gasteiger partial charge < -0.3 is 10.2 Å². The highest BCUT2D eigenvalue weighted by molar-refractivity contribution is 7.80. The second kappa shape index (κ2) is 4.83. The fraction of sp³-hybridized carbons (Fsp3) is 0.462. The number of likely N-dealkylation sites (tertiary alicyclic amines) is 1. The number of hydrogen-bond acceptors (Lipinski definition) is 1. The van der Waals surface area contributed by atoms with Gasteiger partial charge in [0.2, 0.25) is 0 Å². The molecule has 3 heteroatoms. The van der Waals surface area contributed by atoms with Crippen molar-refractivity contribution in [2.24, 2.45) is 5.92 Å². The van der Waals surface area contributed by atoms with Crippen LogP contribution in [0.1, 0.15) is 20.3 Å². The van der Waals surface area contributed by atoms with Crippen molar-refractivity contribution in [1.29, 1.82) is 0 Å². The van der Waals surface area contributed by atoms with E-state index in [9.17, 15) is 0 Å². The lowest BCUT2D eigenvalue weighted by atomic mass is 10.1. The molecule has 0 amide bonds. The maximum atomic E-state index is 5.44. The van der Waals surface area contributed by atoms with Crippen LogP contribution in [0.4, 0.5) is 5.69 Å². The van der Waals surface area contributed by atoms with Crippen LogP contribution < -0.4 is 5.32 Å². The van der Waals surface area contributed by atoms with Gasteiger partial charge in [-0.2, -0.15) is 0 Å². The van der Waals surface area contributed by atoms with E-state index in [0.717, 1.165) is 23.3 Å². The van der Waals surface area contributed by atoms with E-state index in [1.165, 1.54) is 6.42 Å². The molecule has 1 aliphatic heterocycles. The van der Waals surface area contributed by atoms with Crippen molar-refractivity contribution in [2.45, 2.75) is 26.3 Å². The number of thiocarbonyl (C=S) groups is 1. The first-order valence-corrected chi connectivity index (χ1v) is 6.20. The van der Waals surface area contributed by atoms with Crippen molar-refractivity contribution < 1.29 is 0 Å². The van der Waals surface area contributed by atoms with Crippen LogP contribution in [0.15, 0.2) is 30.3 Å². The number of hydrogen-bond donors (Lipinski definition) is 1. The van der Waals surface area contributed by atoms with Gasteiger partial charge in [-0.25, -0.2) is 0 Å². The van der Waals surface area contributed by atoms with Crippen LogP contribution >= 0.6 is 12.2 Å². The predicted molar refractivity (Wildman–Crippen MR) is 72.6 cm³/mol. The van der Waals surface area contributed by atoms with Crippen LogP contribution in [-0.2, 0) is 0 Å². The lowest BCUT2D eigenvalue weighted by molar-refractivity contribution is 0.417. The molecule has 1 aromatic rings. The maximum Gasteiger partial charge on any atom is 0.173 e. The van der Waals surface area contributed by atoms with Crippen LogP contribution in [-0.4, -0.2) is 22.6 Å². The zero-order chi connectivity index (χ0) is 11.5. The number of para-hydroxylation sites is 1. The van der Waals surface area contributed by atoms with E-state index in [1.54, 1.807) is 0 Å². The van der Waals surface area contributed by atoms with Gasteiger partial charge in [0.15, 0.2) is 5.11 Å². The highest BCUT2D eigenvalue weighted by Crippen LogP contribution is 2.23. The van der Waals surface area contributed by atoms with Gasteiger partial charge >= 0.3 is 0 Å². The molecule has 2 atom stereocenters. The molecule has 0 aromatic heterocycles. The van der Waals surface area contributed by atoms with Crippen LogP contribution in [0.25, 0.3) is 0 Å². The molecule has 2 nitrogen and oxygen atoms in total. The summed E-state index contributed by atoms with van der Waals surface area (Å²) in [6, 6.07) is 10.7. The lowest BCUT2D eigenvalue weighted by Gasteiger charge is -2.25. The van der Waals surface area contributed by atoms with Gasteiger partial charge in [0.05, 0.1) is 0 Å². The molecule has 86 valence electrons. The van der Waals surface area contributed by atoms with Crippen LogP contribution in [0.2, 0.25) is 0 Å². The first kappa shape index (κ1) is 11.4. The topological polar surface area (TPSA) is 15.3 Å². The molecule has 0 saturated carbocycles. The minimum Gasteiger partial charge on any atom is -0.346 e. The molecule has 0 radical (unpaired) electrons. The van der Waals surface area contributed by atoms with Crippen molar-refractivity contribution in [3.63, 3.8) is 0 Å². The van der Waals surface area contributed by atoms with Gasteiger partial charge in [-0.15, -0.1) is 0 Å². The molecule has 1 fully saturated rings. The Morgan fingerprint density at radius 3 is 2.56 bits per heavy atom. The van der Waals surface area contributed by atoms with Gasteiger partial charge in [-0.05, 0) is 43.6 Å². The standard InChI is InChI=1S/C13H18N2S/c1-10-8-11(2)15(9-10)13(16)14-12-6-4-3-5-7-12/h3-7,10-11H,8-9H2,1-2H3,(H,14,16). The smallest absolute Gasteiger partial charge is 0.173 e. The summed E-state index contributed by atoms with van der Waals surface area (Å²) in [7, 11) is 0. The third kappa shape index (κ3) is 2.53. The molecular weight excluding hydrogens is 216 g/mol. The Labute approximate surface area is 103 Å². The van der Waals surface area contributed by atoms with Crippen LogP contribution in [0.5, 0.6) is 0 Å². The molecule has 1 saturated heterocycles. The average molecular weight is 234 g/mol. The van der Waals surface area contributed by atoms with Crippen molar-refractivity contribution in [3.05, 3.63) is 30.3 Å². The van der Waals surface area contributed by atoms with E-state index in [1.807, 2.05) is 30.3 Å². The summed E-state index contributed by atoms with van der Waals surface area (Å²) >= 11 is 5.44. The van der Waals surface area contributed by atoms with Gasteiger partial charge in [0, 0.05) is 18.3 Å². The van der Waals surface area contributed by atoms with E-state index in [4.69, 9.17) is 12.2 Å². The third-order valence-electron chi connectivity index (χ3n) is 3.07. The number of rotatable bonds is 1. The average Bonchev–Trinajstić information content (AvgIpc) is 2.59. The van der Waals surface area contributed by atoms with Crippen LogP contribution in [0, 0.1) is 5.92 Å². The molecule has 0 bridgehead atoms. The minimum absolute atomic E-state index is 0.554. The van der Waals surface area contributed by atoms with E-state index in [2.05, 4.69) is 24.1 Å². The third-order valence-corrected chi connectivity index (χ3v) is 3.41. The van der Waals surface area contributed by atoms with Crippen molar-refractivity contribution in [2.75, 3.05) is 11.9 Å². The molecule has 0 aliphatic carbocycles. The summed E-state index contributed by atoms with van der Waals surface area (Å²) in [6.07, 6.45) is 1.23. The lowest BCUT2D eigenvalue weighted by Crippen LogP contribution is -2.37. The summed E-state index contributed by atoms with van der Waals surface area (Å²) in [4.78, 5) is 2.28. The largest absolute Gasteiger partial charge is 0.346 e. The zero-order valence-corrected chi connectivity index (χ0v) is 10.6. The maximum absolute atomic E-state index is 5.44. The van der Waals surface area contributed by atoms with Gasteiger partial charge in [-0.3, -0.25) is 0 Å². The van der Waals surface area contributed by atoms with E-state index in [0.29, 0.717) is 6.04 Å². The molecule has 0 spiro atoms. The summed E-state index contributed by atoms with van der Waals surface area (Å²) in [5.41, 5.74) is 1.07. The van der Waals surface area contributed by atoms with Crippen LogP contribution in [0.3, 0.4) is 0 Å². The van der Waals surface area contributed by atoms with Crippen molar-refractivity contribution >= 4 is 23.0 Å². The number of nitrogens with zero attached hydrogens (tertiary/aromatic N) is 1. The molecule has 2 unspecified atom stereocenters. The molecule has 16 heavy (non-hydrogen) atoms. The van der Waals surface area contributed by atoms with Gasteiger partial charge in [0.1, 0.15) is 0 Å². The summed E-state index contributed by atoms with van der Waals surface area (Å²) in [5, 5.41) is 4.14. The Bertz CT molecular complexity index is 363. The Morgan fingerprint density at radius 1 is 1.31 bits per heavy atom. The Morgan fingerprint density at radius 2 is 2.00 bits per heavy atom. The molecular formula is C13H18N2S. The molecule has 1 aromatic carbocycles. The van der Waals surface area contributed by atoms with Crippen molar-refractivity contribution in [3.8, 4) is 0 Å². The van der Waals surface area contributed by atoms with E-state index in [-0.39, 0.29) is 0 Å². The van der Waals surface area contributed by atoms with E-state index >= 15 is 0 Å². The number of benzene rings is 1.